The summed E-state index contributed by atoms with van der Waals surface area (Å²) in [5.74, 6) is -0.468. The van der Waals surface area contributed by atoms with Crippen molar-refractivity contribution in [1.82, 2.24) is 0 Å². The third-order valence-electron chi connectivity index (χ3n) is 0.933. The predicted octanol–water partition coefficient (Wildman–Crippen LogP) is 0.861. The molecule has 64 valence electrons. The van der Waals surface area contributed by atoms with Gasteiger partial charge in [0.1, 0.15) is 6.61 Å². The Morgan fingerprint density at radius 3 is 2.73 bits per heavy atom. The van der Waals surface area contributed by atoms with E-state index in [2.05, 4.69) is 27.2 Å². The maximum Gasteiger partial charge on any atom is 0.333 e. The summed E-state index contributed by atoms with van der Waals surface area (Å²) in [7, 11) is 0. The first-order chi connectivity index (χ1) is 5.07. The first-order valence-electron chi connectivity index (χ1n) is 3.14. The molecule has 0 aliphatic rings. The first-order valence-corrected chi connectivity index (χ1v) is 4.26. The van der Waals surface area contributed by atoms with Gasteiger partial charge in [-0.1, -0.05) is 22.5 Å². The Bertz CT molecular complexity index is 156. The molecular weight excluding hydrogens is 212 g/mol. The molecule has 0 heterocycles. The minimum absolute atomic E-state index is 0.0109. The lowest BCUT2D eigenvalue weighted by atomic mass is 10.3. The lowest BCUT2D eigenvalue weighted by molar-refractivity contribution is -0.141. The van der Waals surface area contributed by atoms with Crippen LogP contribution in [0.5, 0.6) is 0 Å². The second kappa shape index (κ2) is 5.32. The summed E-state index contributed by atoms with van der Waals surface area (Å²) in [6.07, 6.45) is -0.640. The van der Waals surface area contributed by atoms with Gasteiger partial charge in [-0.2, -0.15) is 0 Å². The van der Waals surface area contributed by atoms with Crippen molar-refractivity contribution in [3.05, 3.63) is 12.2 Å². The second-order valence-corrected chi connectivity index (χ2v) is 2.83. The highest BCUT2D eigenvalue weighted by Gasteiger charge is 2.06. The van der Waals surface area contributed by atoms with Gasteiger partial charge in [-0.25, -0.2) is 4.79 Å². The van der Waals surface area contributed by atoms with E-state index in [9.17, 15) is 4.79 Å². The Morgan fingerprint density at radius 1 is 1.82 bits per heavy atom. The minimum Gasteiger partial charge on any atom is -0.460 e. The van der Waals surface area contributed by atoms with Gasteiger partial charge in [0.25, 0.3) is 0 Å². The highest BCUT2D eigenvalue weighted by molar-refractivity contribution is 9.09. The molecule has 0 radical (unpaired) electrons. The zero-order valence-corrected chi connectivity index (χ0v) is 7.93. The van der Waals surface area contributed by atoms with Crippen molar-refractivity contribution >= 4 is 21.9 Å². The van der Waals surface area contributed by atoms with Crippen molar-refractivity contribution in [2.75, 3.05) is 11.9 Å². The van der Waals surface area contributed by atoms with Crippen molar-refractivity contribution in [1.29, 1.82) is 0 Å². The maximum absolute atomic E-state index is 10.7. The topological polar surface area (TPSA) is 46.5 Å². The fraction of sp³-hybridized carbons (Fsp3) is 0.571. The van der Waals surface area contributed by atoms with E-state index in [-0.39, 0.29) is 6.61 Å². The summed E-state index contributed by atoms with van der Waals surface area (Å²) in [5.41, 5.74) is 0.340. The van der Waals surface area contributed by atoms with Crippen LogP contribution in [-0.2, 0) is 9.53 Å². The molecule has 0 aromatic heterocycles. The summed E-state index contributed by atoms with van der Waals surface area (Å²) < 4.78 is 4.64. The number of aliphatic hydroxyl groups is 1. The molecule has 0 spiro atoms. The molecule has 0 aliphatic carbocycles. The standard InChI is InChI=1S/C7H11BrO3/c1-5(2)7(10)11-4-6(9)3-8/h6,9H,1,3-4H2,2H3. The van der Waals surface area contributed by atoms with Gasteiger partial charge in [-0.3, -0.25) is 0 Å². The molecule has 0 amide bonds. The fourth-order valence-corrected chi connectivity index (χ4v) is 0.527. The normalized spacial score (nSPS) is 12.3. The van der Waals surface area contributed by atoms with Crippen LogP contribution in [0.2, 0.25) is 0 Å². The van der Waals surface area contributed by atoms with Crippen molar-refractivity contribution < 1.29 is 14.6 Å². The molecule has 4 heteroatoms. The van der Waals surface area contributed by atoms with Gasteiger partial charge in [0, 0.05) is 10.9 Å². The Morgan fingerprint density at radius 2 is 2.36 bits per heavy atom. The Balaban J connectivity index is 3.54. The van der Waals surface area contributed by atoms with E-state index < -0.39 is 12.1 Å². The van der Waals surface area contributed by atoms with E-state index in [1.165, 1.54) is 0 Å². The van der Waals surface area contributed by atoms with Crippen LogP contribution in [0.1, 0.15) is 6.92 Å². The summed E-state index contributed by atoms with van der Waals surface area (Å²) in [5, 5.41) is 9.33. The molecule has 0 fully saturated rings. The van der Waals surface area contributed by atoms with Gasteiger partial charge in [-0.15, -0.1) is 0 Å². The number of rotatable bonds is 4. The molecule has 1 atom stereocenters. The van der Waals surface area contributed by atoms with E-state index in [0.29, 0.717) is 10.9 Å². The Kier molecular flexibility index (Phi) is 5.15. The van der Waals surface area contributed by atoms with Crippen LogP contribution in [0.15, 0.2) is 12.2 Å². The molecule has 11 heavy (non-hydrogen) atoms. The van der Waals surface area contributed by atoms with Crippen LogP contribution < -0.4 is 0 Å². The molecule has 3 nitrogen and oxygen atoms in total. The van der Waals surface area contributed by atoms with Gasteiger partial charge in [0.2, 0.25) is 0 Å². The van der Waals surface area contributed by atoms with Crippen LogP contribution >= 0.6 is 15.9 Å². The number of ether oxygens (including phenoxy) is 1. The first kappa shape index (κ1) is 10.7. The molecule has 0 saturated heterocycles. The van der Waals surface area contributed by atoms with E-state index in [1.807, 2.05) is 0 Å². The van der Waals surface area contributed by atoms with Crippen LogP contribution in [-0.4, -0.2) is 29.1 Å². The summed E-state index contributed by atoms with van der Waals surface area (Å²) in [6, 6.07) is 0. The van der Waals surface area contributed by atoms with Gasteiger partial charge < -0.3 is 9.84 Å². The van der Waals surface area contributed by atoms with E-state index in [1.54, 1.807) is 6.92 Å². The Hall–Kier alpha value is -0.350. The molecule has 1 N–H and O–H groups in total. The quantitative estimate of drug-likeness (QED) is 0.436. The van der Waals surface area contributed by atoms with Gasteiger partial charge in [0.05, 0.1) is 6.10 Å². The van der Waals surface area contributed by atoms with Crippen molar-refractivity contribution in [3.63, 3.8) is 0 Å². The number of esters is 1. The van der Waals surface area contributed by atoms with E-state index in [4.69, 9.17) is 5.11 Å². The zero-order chi connectivity index (χ0) is 8.85. The molecule has 0 aromatic carbocycles. The molecule has 0 bridgehead atoms. The van der Waals surface area contributed by atoms with Gasteiger partial charge in [0.15, 0.2) is 0 Å². The fourth-order valence-electron chi connectivity index (χ4n) is 0.340. The van der Waals surface area contributed by atoms with Crippen LogP contribution in [0.25, 0.3) is 0 Å². The SMILES string of the molecule is C=C(C)C(=O)OCC(O)CBr. The maximum atomic E-state index is 10.7. The summed E-state index contributed by atoms with van der Waals surface area (Å²) >= 11 is 3.04. The number of halogens is 1. The Labute approximate surface area is 74.2 Å². The lowest BCUT2D eigenvalue weighted by Crippen LogP contribution is -2.19. The second-order valence-electron chi connectivity index (χ2n) is 2.19. The monoisotopic (exact) mass is 222 g/mol. The highest BCUT2D eigenvalue weighted by Crippen LogP contribution is 1.95. The lowest BCUT2D eigenvalue weighted by Gasteiger charge is -2.07. The minimum atomic E-state index is -0.640. The number of aliphatic hydroxyl groups excluding tert-OH is 1. The number of carbonyl (C=O) groups is 1. The molecule has 0 aromatic rings. The predicted molar refractivity (Wildman–Crippen MR) is 45.6 cm³/mol. The van der Waals surface area contributed by atoms with Crippen molar-refractivity contribution in [2.24, 2.45) is 0 Å². The molecule has 1 unspecified atom stereocenters. The van der Waals surface area contributed by atoms with E-state index in [0.717, 1.165) is 0 Å². The number of hydrogen-bond donors (Lipinski definition) is 1. The number of carbonyl (C=O) groups excluding carboxylic acids is 1. The number of alkyl halides is 1. The van der Waals surface area contributed by atoms with Crippen molar-refractivity contribution in [3.8, 4) is 0 Å². The molecule has 0 rings (SSSR count). The molecule has 0 aliphatic heterocycles. The van der Waals surface area contributed by atoms with Crippen LogP contribution in [0.4, 0.5) is 0 Å². The third-order valence-corrected chi connectivity index (χ3v) is 1.68. The third kappa shape index (κ3) is 4.98. The van der Waals surface area contributed by atoms with Crippen LogP contribution in [0.3, 0.4) is 0 Å². The molecular formula is C7H11BrO3. The van der Waals surface area contributed by atoms with Crippen LogP contribution in [0, 0.1) is 0 Å². The zero-order valence-electron chi connectivity index (χ0n) is 6.34. The molecule has 0 saturated carbocycles. The smallest absolute Gasteiger partial charge is 0.333 e. The largest absolute Gasteiger partial charge is 0.460 e. The summed E-state index contributed by atoms with van der Waals surface area (Å²) in [4.78, 5) is 10.7. The van der Waals surface area contributed by atoms with Gasteiger partial charge in [-0.05, 0) is 6.92 Å². The highest BCUT2D eigenvalue weighted by atomic mass is 79.9. The van der Waals surface area contributed by atoms with E-state index >= 15 is 0 Å². The number of hydrogen-bond acceptors (Lipinski definition) is 3. The average molecular weight is 223 g/mol. The van der Waals surface area contributed by atoms with Gasteiger partial charge >= 0.3 is 5.97 Å². The summed E-state index contributed by atoms with van der Waals surface area (Å²) in [6.45, 7) is 4.96. The van der Waals surface area contributed by atoms with Crippen molar-refractivity contribution in [2.45, 2.75) is 13.0 Å². The average Bonchev–Trinajstić information content (AvgIpc) is 1.99.